The third-order valence-electron chi connectivity index (χ3n) is 10.4. The third kappa shape index (κ3) is 4.94. The molecule has 3 aliphatic carbocycles. The maximum absolute atomic E-state index is 13.4. The van der Waals surface area contributed by atoms with Gasteiger partial charge in [0.1, 0.15) is 0 Å². The number of halogens is 1. The Balaban J connectivity index is 0.00000361. The maximum atomic E-state index is 13.4. The van der Waals surface area contributed by atoms with Crippen molar-refractivity contribution in [2.45, 2.75) is 71.8 Å². The van der Waals surface area contributed by atoms with E-state index in [4.69, 9.17) is 0 Å². The Labute approximate surface area is 223 Å². The lowest BCUT2D eigenvalue weighted by Crippen LogP contribution is -2.60. The highest BCUT2D eigenvalue weighted by molar-refractivity contribution is 5.96. The number of hydrogen-bond acceptors (Lipinski definition) is 4. The highest BCUT2D eigenvalue weighted by Crippen LogP contribution is 2.65. The van der Waals surface area contributed by atoms with E-state index in [-0.39, 0.29) is 53.0 Å². The van der Waals surface area contributed by atoms with Crippen LogP contribution >= 0.6 is 12.4 Å². The molecule has 0 saturated heterocycles. The largest absolute Gasteiger partial charge is 0.338 e. The van der Waals surface area contributed by atoms with Crippen LogP contribution in [0.25, 0.3) is 0 Å². The summed E-state index contributed by atoms with van der Waals surface area (Å²) in [6.45, 7) is 8.81. The summed E-state index contributed by atoms with van der Waals surface area (Å²) in [5.74, 6) is 1.57. The first-order chi connectivity index (χ1) is 16.5. The summed E-state index contributed by atoms with van der Waals surface area (Å²) < 4.78 is 0. The summed E-state index contributed by atoms with van der Waals surface area (Å²) in [7, 11) is 6.01. The van der Waals surface area contributed by atoms with Gasteiger partial charge in [0.2, 0.25) is 11.8 Å². The van der Waals surface area contributed by atoms with E-state index in [9.17, 15) is 14.4 Å². The minimum atomic E-state index is -0.245. The summed E-state index contributed by atoms with van der Waals surface area (Å²) >= 11 is 0. The van der Waals surface area contributed by atoms with Gasteiger partial charge in [0.25, 0.3) is 0 Å². The molecule has 8 heteroatoms. The van der Waals surface area contributed by atoms with Gasteiger partial charge >= 0.3 is 6.03 Å². The van der Waals surface area contributed by atoms with Gasteiger partial charge in [0, 0.05) is 37.5 Å². The molecule has 3 saturated carbocycles. The van der Waals surface area contributed by atoms with Crippen LogP contribution in [-0.2, 0) is 9.59 Å². The molecule has 3 fully saturated rings. The standard InChI is InChI=1S/C28H46N4O3.ClH/c1-7-32(18-8-17-30(4)5)26(35)29-25(34)22-11-10-20-19-9-12-23-28(3,16-14-24(33)31(23)6)21(19)13-15-27(20,22)2;/h14,16,19-23H,7-13,15,17-18H2,1-6H3,(H,29,34,35);1H/t19-,20-,21+,22?,23?,27-,28+;/m0./s1. The van der Waals surface area contributed by atoms with Gasteiger partial charge in [-0.25, -0.2) is 4.79 Å². The molecule has 4 rings (SSSR count). The Bertz CT molecular complexity index is 879. The van der Waals surface area contributed by atoms with Gasteiger partial charge in [-0.3, -0.25) is 14.9 Å². The van der Waals surface area contributed by atoms with Crippen LogP contribution in [0.1, 0.15) is 65.7 Å². The number of rotatable bonds is 6. The summed E-state index contributed by atoms with van der Waals surface area (Å²) in [6.07, 6.45) is 11.1. The number of carbonyl (C=O) groups is 3. The molecule has 7 atom stereocenters. The number of nitrogens with one attached hydrogen (secondary N) is 1. The fourth-order valence-corrected chi connectivity index (χ4v) is 8.42. The predicted molar refractivity (Wildman–Crippen MR) is 145 cm³/mol. The Hall–Kier alpha value is -1.60. The molecule has 0 bridgehead atoms. The second-order valence-electron chi connectivity index (χ2n) is 12.3. The van der Waals surface area contributed by atoms with Gasteiger partial charge in [-0.2, -0.15) is 0 Å². The van der Waals surface area contributed by atoms with Gasteiger partial charge in [0.05, 0.1) is 0 Å². The molecule has 204 valence electrons. The van der Waals surface area contributed by atoms with Crippen molar-refractivity contribution in [3.8, 4) is 0 Å². The molecular formula is C28H47ClN4O3. The first-order valence-electron chi connectivity index (χ1n) is 13.7. The number of nitrogens with zero attached hydrogens (tertiary/aromatic N) is 3. The molecule has 0 aromatic carbocycles. The van der Waals surface area contributed by atoms with Crippen molar-refractivity contribution in [2.75, 3.05) is 40.8 Å². The number of imide groups is 1. The summed E-state index contributed by atoms with van der Waals surface area (Å²) in [5.41, 5.74) is -0.0474. The summed E-state index contributed by atoms with van der Waals surface area (Å²) in [5, 5.41) is 2.78. The van der Waals surface area contributed by atoms with Crippen LogP contribution in [0, 0.1) is 34.5 Å². The maximum Gasteiger partial charge on any atom is 0.324 e. The third-order valence-corrected chi connectivity index (χ3v) is 10.4. The lowest BCUT2D eigenvalue weighted by atomic mass is 9.47. The Morgan fingerprint density at radius 3 is 2.47 bits per heavy atom. The zero-order chi connectivity index (χ0) is 25.5. The molecule has 4 amide bonds. The van der Waals surface area contributed by atoms with E-state index >= 15 is 0 Å². The minimum Gasteiger partial charge on any atom is -0.338 e. The van der Waals surface area contributed by atoms with E-state index in [1.165, 1.54) is 0 Å². The van der Waals surface area contributed by atoms with Gasteiger partial charge in [-0.05, 0) is 102 Å². The Morgan fingerprint density at radius 2 is 1.81 bits per heavy atom. The van der Waals surface area contributed by atoms with Crippen molar-refractivity contribution in [3.05, 3.63) is 12.2 Å². The fourth-order valence-electron chi connectivity index (χ4n) is 8.42. The van der Waals surface area contributed by atoms with Crippen LogP contribution in [0.5, 0.6) is 0 Å². The number of carbonyl (C=O) groups excluding carboxylic acids is 3. The highest BCUT2D eigenvalue weighted by Gasteiger charge is 2.61. The summed E-state index contributed by atoms with van der Waals surface area (Å²) in [6, 6.07) is 0.0290. The minimum absolute atomic E-state index is 0. The smallest absolute Gasteiger partial charge is 0.324 e. The Kier molecular flexibility index (Phi) is 8.87. The summed E-state index contributed by atoms with van der Waals surface area (Å²) in [4.78, 5) is 44.5. The second kappa shape index (κ2) is 11.0. The van der Waals surface area contributed by atoms with Crippen molar-refractivity contribution >= 4 is 30.3 Å². The van der Waals surface area contributed by atoms with Crippen molar-refractivity contribution < 1.29 is 14.4 Å². The molecular weight excluding hydrogens is 476 g/mol. The zero-order valence-corrected chi connectivity index (χ0v) is 23.9. The molecule has 1 aliphatic heterocycles. The van der Waals surface area contributed by atoms with Crippen molar-refractivity contribution in [2.24, 2.45) is 34.5 Å². The van der Waals surface area contributed by atoms with Crippen LogP contribution in [0.4, 0.5) is 4.79 Å². The van der Waals surface area contributed by atoms with Gasteiger partial charge in [0.15, 0.2) is 0 Å². The average Bonchev–Trinajstić information content (AvgIpc) is 3.16. The normalized spacial score (nSPS) is 37.0. The van der Waals surface area contributed by atoms with E-state index in [0.717, 1.165) is 51.5 Å². The number of likely N-dealkylation sites (N-methyl/N-ethyl adjacent to an activating group) is 1. The zero-order valence-electron chi connectivity index (χ0n) is 23.1. The van der Waals surface area contributed by atoms with Crippen molar-refractivity contribution in [3.63, 3.8) is 0 Å². The monoisotopic (exact) mass is 522 g/mol. The van der Waals surface area contributed by atoms with Gasteiger partial charge in [-0.15, -0.1) is 12.4 Å². The van der Waals surface area contributed by atoms with E-state index in [1.807, 2.05) is 33.0 Å². The van der Waals surface area contributed by atoms with E-state index < -0.39 is 0 Å². The first-order valence-corrected chi connectivity index (χ1v) is 13.7. The number of fused-ring (bicyclic) bond motifs is 5. The predicted octanol–water partition coefficient (Wildman–Crippen LogP) is 4.17. The molecule has 36 heavy (non-hydrogen) atoms. The van der Waals surface area contributed by atoms with Crippen LogP contribution < -0.4 is 5.32 Å². The number of amides is 4. The highest BCUT2D eigenvalue weighted by atomic mass is 35.5. The molecule has 1 N–H and O–H groups in total. The number of urea groups is 1. The first kappa shape index (κ1) is 29.0. The SMILES string of the molecule is CCN(CCCN(C)C)C(=O)NC(=O)C1CC[C@H]2[C@@H]3CCC4N(C)C(=O)C=C[C@]4(C)[C@@H]3CC[C@]12C.Cl. The molecule has 0 spiro atoms. The lowest BCUT2D eigenvalue weighted by Gasteiger charge is -2.60. The van der Waals surface area contributed by atoms with Crippen molar-refractivity contribution in [1.29, 1.82) is 0 Å². The fraction of sp³-hybridized carbons (Fsp3) is 0.821. The van der Waals surface area contributed by atoms with Crippen LogP contribution in [0.15, 0.2) is 12.2 Å². The van der Waals surface area contributed by atoms with E-state index in [1.54, 1.807) is 11.0 Å². The van der Waals surface area contributed by atoms with E-state index in [2.05, 4.69) is 30.1 Å². The van der Waals surface area contributed by atoms with Gasteiger partial charge < -0.3 is 14.7 Å². The molecule has 0 aromatic heterocycles. The molecule has 2 unspecified atom stereocenters. The molecule has 7 nitrogen and oxygen atoms in total. The Morgan fingerprint density at radius 1 is 1.08 bits per heavy atom. The average molecular weight is 523 g/mol. The quantitative estimate of drug-likeness (QED) is 0.568. The topological polar surface area (TPSA) is 73.0 Å². The van der Waals surface area contributed by atoms with Crippen LogP contribution in [0.2, 0.25) is 0 Å². The molecule has 0 radical (unpaired) electrons. The number of hydrogen-bond donors (Lipinski definition) is 1. The second-order valence-corrected chi connectivity index (χ2v) is 12.3. The molecule has 0 aromatic rings. The van der Waals surface area contributed by atoms with Crippen LogP contribution in [-0.4, -0.2) is 79.4 Å². The molecule has 1 heterocycles. The van der Waals surface area contributed by atoms with E-state index in [0.29, 0.717) is 30.8 Å². The lowest BCUT2D eigenvalue weighted by molar-refractivity contribution is -0.142. The van der Waals surface area contributed by atoms with Gasteiger partial charge in [-0.1, -0.05) is 19.9 Å². The van der Waals surface area contributed by atoms with Crippen molar-refractivity contribution in [1.82, 2.24) is 20.0 Å². The van der Waals surface area contributed by atoms with Crippen LogP contribution in [0.3, 0.4) is 0 Å². The molecule has 4 aliphatic rings.